The highest BCUT2D eigenvalue weighted by Crippen LogP contribution is 2.15. The van der Waals surface area contributed by atoms with Crippen LogP contribution in [0.15, 0.2) is 18.5 Å². The van der Waals surface area contributed by atoms with Crippen molar-refractivity contribution in [1.82, 2.24) is 10.3 Å². The van der Waals surface area contributed by atoms with Gasteiger partial charge in [0, 0.05) is 18.8 Å². The van der Waals surface area contributed by atoms with Gasteiger partial charge in [-0.1, -0.05) is 12.8 Å². The molecular formula is C15H24N2O2. The smallest absolute Gasteiger partial charge is 0.137 e. The first kappa shape index (κ1) is 14.3. The summed E-state index contributed by atoms with van der Waals surface area (Å²) in [5, 5.41) is 12.0. The van der Waals surface area contributed by atoms with E-state index in [1.54, 1.807) is 6.20 Å². The van der Waals surface area contributed by atoms with E-state index in [0.717, 1.165) is 51.0 Å². The second-order valence-corrected chi connectivity index (χ2v) is 5.17. The van der Waals surface area contributed by atoms with Crippen molar-refractivity contribution in [2.75, 3.05) is 19.8 Å². The van der Waals surface area contributed by atoms with Gasteiger partial charge in [0.15, 0.2) is 0 Å². The SMILES string of the molecule is OCCCCCCc1cncc(OCC2CCN2)c1. The Morgan fingerprint density at radius 1 is 1.26 bits per heavy atom. The van der Waals surface area contributed by atoms with Crippen molar-refractivity contribution in [2.24, 2.45) is 0 Å². The van der Waals surface area contributed by atoms with E-state index < -0.39 is 0 Å². The maximum absolute atomic E-state index is 8.72. The van der Waals surface area contributed by atoms with Crippen LogP contribution in [0.5, 0.6) is 5.75 Å². The molecule has 0 aliphatic carbocycles. The lowest BCUT2D eigenvalue weighted by atomic mass is 10.1. The molecule has 106 valence electrons. The number of hydrogen-bond acceptors (Lipinski definition) is 4. The van der Waals surface area contributed by atoms with Crippen LogP contribution in [0.4, 0.5) is 0 Å². The third kappa shape index (κ3) is 5.17. The Kier molecular flexibility index (Phi) is 6.11. The van der Waals surface area contributed by atoms with Gasteiger partial charge in [0.25, 0.3) is 0 Å². The lowest BCUT2D eigenvalue weighted by molar-refractivity contribution is 0.217. The number of hydrogen-bond donors (Lipinski definition) is 2. The molecule has 1 aliphatic rings. The second kappa shape index (κ2) is 8.12. The summed E-state index contributed by atoms with van der Waals surface area (Å²) < 4.78 is 5.74. The van der Waals surface area contributed by atoms with Crippen molar-refractivity contribution >= 4 is 0 Å². The van der Waals surface area contributed by atoms with Gasteiger partial charge in [0.05, 0.1) is 6.20 Å². The molecule has 1 aromatic heterocycles. The molecule has 1 aromatic rings. The van der Waals surface area contributed by atoms with Crippen molar-refractivity contribution in [3.8, 4) is 5.75 Å². The standard InChI is InChI=1S/C15H24N2O2/c18-8-4-2-1-3-5-13-9-15(11-16-10-13)19-12-14-6-7-17-14/h9-11,14,17-18H,1-8,12H2. The number of aryl methyl sites for hydroxylation is 1. The van der Waals surface area contributed by atoms with Crippen molar-refractivity contribution < 1.29 is 9.84 Å². The summed E-state index contributed by atoms with van der Waals surface area (Å²) >= 11 is 0. The zero-order chi connectivity index (χ0) is 13.3. The highest BCUT2D eigenvalue weighted by atomic mass is 16.5. The lowest BCUT2D eigenvalue weighted by Gasteiger charge is -2.27. The first-order valence-electron chi connectivity index (χ1n) is 7.29. The predicted molar refractivity (Wildman–Crippen MR) is 75.4 cm³/mol. The van der Waals surface area contributed by atoms with Crippen LogP contribution in [-0.2, 0) is 6.42 Å². The normalized spacial score (nSPS) is 18.1. The average molecular weight is 264 g/mol. The fourth-order valence-corrected chi connectivity index (χ4v) is 2.16. The molecule has 0 aromatic carbocycles. The number of aromatic nitrogens is 1. The first-order chi connectivity index (χ1) is 9.38. The Morgan fingerprint density at radius 3 is 2.84 bits per heavy atom. The van der Waals surface area contributed by atoms with Crippen LogP contribution in [0.25, 0.3) is 0 Å². The van der Waals surface area contributed by atoms with E-state index in [1.165, 1.54) is 12.0 Å². The minimum Gasteiger partial charge on any atom is -0.490 e. The van der Waals surface area contributed by atoms with Gasteiger partial charge in [-0.15, -0.1) is 0 Å². The molecule has 1 saturated heterocycles. The fourth-order valence-electron chi connectivity index (χ4n) is 2.16. The maximum Gasteiger partial charge on any atom is 0.137 e. The average Bonchev–Trinajstić information content (AvgIpc) is 2.37. The van der Waals surface area contributed by atoms with E-state index >= 15 is 0 Å². The summed E-state index contributed by atoms with van der Waals surface area (Å²) in [5.74, 6) is 0.876. The van der Waals surface area contributed by atoms with Crippen LogP contribution in [0, 0.1) is 0 Å². The van der Waals surface area contributed by atoms with E-state index in [2.05, 4.69) is 16.4 Å². The molecule has 0 amide bonds. The number of nitrogens with zero attached hydrogens (tertiary/aromatic N) is 1. The van der Waals surface area contributed by atoms with Gasteiger partial charge in [0.1, 0.15) is 12.4 Å². The minimum atomic E-state index is 0.306. The maximum atomic E-state index is 8.72. The van der Waals surface area contributed by atoms with Gasteiger partial charge in [-0.2, -0.15) is 0 Å². The zero-order valence-corrected chi connectivity index (χ0v) is 11.5. The largest absolute Gasteiger partial charge is 0.490 e. The van der Waals surface area contributed by atoms with Crippen molar-refractivity contribution in [2.45, 2.75) is 44.6 Å². The monoisotopic (exact) mass is 264 g/mol. The highest BCUT2D eigenvalue weighted by molar-refractivity contribution is 5.23. The third-order valence-electron chi connectivity index (χ3n) is 3.52. The number of aliphatic hydroxyl groups excluding tert-OH is 1. The molecule has 1 atom stereocenters. The molecule has 4 nitrogen and oxygen atoms in total. The first-order valence-corrected chi connectivity index (χ1v) is 7.29. The van der Waals surface area contributed by atoms with Gasteiger partial charge in [-0.25, -0.2) is 0 Å². The summed E-state index contributed by atoms with van der Waals surface area (Å²) in [7, 11) is 0. The summed E-state index contributed by atoms with van der Waals surface area (Å²) in [4.78, 5) is 4.24. The zero-order valence-electron chi connectivity index (χ0n) is 11.5. The number of nitrogens with one attached hydrogen (secondary N) is 1. The van der Waals surface area contributed by atoms with Crippen LogP contribution in [0.1, 0.15) is 37.7 Å². The van der Waals surface area contributed by atoms with E-state index in [-0.39, 0.29) is 0 Å². The van der Waals surface area contributed by atoms with Crippen LogP contribution in [-0.4, -0.2) is 35.9 Å². The van der Waals surface area contributed by atoms with Crippen LogP contribution >= 0.6 is 0 Å². The van der Waals surface area contributed by atoms with Gasteiger partial charge in [0.2, 0.25) is 0 Å². The Balaban J connectivity index is 1.68. The highest BCUT2D eigenvalue weighted by Gasteiger charge is 2.16. The minimum absolute atomic E-state index is 0.306. The quantitative estimate of drug-likeness (QED) is 0.669. The Bertz CT molecular complexity index is 367. The van der Waals surface area contributed by atoms with Gasteiger partial charge >= 0.3 is 0 Å². The molecule has 2 rings (SSSR count). The number of unbranched alkanes of at least 4 members (excludes halogenated alkanes) is 3. The topological polar surface area (TPSA) is 54.4 Å². The molecule has 2 heterocycles. The number of rotatable bonds is 9. The van der Waals surface area contributed by atoms with E-state index in [0.29, 0.717) is 12.6 Å². The molecule has 0 radical (unpaired) electrons. The van der Waals surface area contributed by atoms with Gasteiger partial charge < -0.3 is 15.2 Å². The van der Waals surface area contributed by atoms with E-state index in [1.807, 2.05) is 6.20 Å². The number of ether oxygens (including phenoxy) is 1. The molecular weight excluding hydrogens is 240 g/mol. The van der Waals surface area contributed by atoms with Crippen LogP contribution in [0.3, 0.4) is 0 Å². The Labute approximate surface area is 115 Å². The molecule has 19 heavy (non-hydrogen) atoms. The molecule has 4 heteroatoms. The van der Waals surface area contributed by atoms with Gasteiger partial charge in [-0.3, -0.25) is 4.98 Å². The Morgan fingerprint density at radius 2 is 2.11 bits per heavy atom. The van der Waals surface area contributed by atoms with Crippen molar-refractivity contribution in [1.29, 1.82) is 0 Å². The number of pyridine rings is 1. The lowest BCUT2D eigenvalue weighted by Crippen LogP contribution is -2.46. The summed E-state index contributed by atoms with van der Waals surface area (Å²) in [6.07, 6.45) is 10.3. The predicted octanol–water partition coefficient (Wildman–Crippen LogP) is 1.92. The second-order valence-electron chi connectivity index (χ2n) is 5.17. The third-order valence-corrected chi connectivity index (χ3v) is 3.52. The van der Waals surface area contributed by atoms with Gasteiger partial charge in [-0.05, 0) is 43.9 Å². The summed E-state index contributed by atoms with van der Waals surface area (Å²) in [5.41, 5.74) is 1.24. The Hall–Kier alpha value is -1.13. The molecule has 2 N–H and O–H groups in total. The van der Waals surface area contributed by atoms with E-state index in [9.17, 15) is 0 Å². The molecule has 0 bridgehead atoms. The summed E-state index contributed by atoms with van der Waals surface area (Å²) in [6, 6.07) is 2.61. The van der Waals surface area contributed by atoms with Crippen LogP contribution < -0.4 is 10.1 Å². The van der Waals surface area contributed by atoms with E-state index in [4.69, 9.17) is 9.84 Å². The summed E-state index contributed by atoms with van der Waals surface area (Å²) in [6.45, 7) is 2.15. The molecule has 1 aliphatic heterocycles. The van der Waals surface area contributed by atoms with Crippen LogP contribution in [0.2, 0.25) is 0 Å². The molecule has 0 spiro atoms. The molecule has 0 saturated carbocycles. The van der Waals surface area contributed by atoms with Crippen molar-refractivity contribution in [3.63, 3.8) is 0 Å². The molecule has 1 unspecified atom stereocenters. The van der Waals surface area contributed by atoms with Crippen molar-refractivity contribution in [3.05, 3.63) is 24.0 Å². The fraction of sp³-hybridized carbons (Fsp3) is 0.667. The number of aliphatic hydroxyl groups is 1. The molecule has 1 fully saturated rings.